The van der Waals surface area contributed by atoms with Crippen LogP contribution < -0.4 is 10.6 Å². The number of rotatable bonds is 4. The summed E-state index contributed by atoms with van der Waals surface area (Å²) in [6.45, 7) is 5.79. The van der Waals surface area contributed by atoms with E-state index in [2.05, 4.69) is 10.6 Å². The molecule has 0 fully saturated rings. The van der Waals surface area contributed by atoms with Crippen molar-refractivity contribution in [2.45, 2.75) is 25.7 Å². The molecule has 2 rings (SSSR count). The first-order valence-electron chi connectivity index (χ1n) is 7.81. The van der Waals surface area contributed by atoms with Crippen LogP contribution in [0, 0.1) is 32.1 Å². The Bertz CT molecular complexity index is 1000. The van der Waals surface area contributed by atoms with E-state index in [1.165, 1.54) is 12.1 Å². The molecule has 0 aliphatic rings. The molecule has 7 heteroatoms. The second-order valence-corrected chi connectivity index (χ2v) is 8.18. The predicted octanol–water partition coefficient (Wildman–Crippen LogP) is 3.74. The highest BCUT2D eigenvalue weighted by atomic mass is 32.2. The van der Waals surface area contributed by atoms with Crippen molar-refractivity contribution in [3.05, 3.63) is 70.3 Å². The van der Waals surface area contributed by atoms with Crippen molar-refractivity contribution in [2.24, 2.45) is 0 Å². The number of anilines is 1. The minimum atomic E-state index is -3.90. The Hall–Kier alpha value is -2.69. The average molecular weight is 386 g/mol. The molecule has 26 heavy (non-hydrogen) atoms. The zero-order chi connectivity index (χ0) is 19.3. The lowest BCUT2D eigenvalue weighted by atomic mass is 10.1. The van der Waals surface area contributed by atoms with Crippen LogP contribution >= 0.6 is 12.2 Å². The molecule has 0 saturated heterocycles. The SMILES string of the molecule is Cc1ccc(S(=O)(=O)C(C#N)=CNC(=S)Nc2ccc(C)cc2C)cc1. The summed E-state index contributed by atoms with van der Waals surface area (Å²) in [5.74, 6) is 0. The van der Waals surface area contributed by atoms with Crippen LogP contribution in [0.25, 0.3) is 0 Å². The predicted molar refractivity (Wildman–Crippen MR) is 107 cm³/mol. The van der Waals surface area contributed by atoms with Crippen LogP contribution in [0.4, 0.5) is 5.69 Å². The van der Waals surface area contributed by atoms with Crippen LogP contribution in [0.2, 0.25) is 0 Å². The van der Waals surface area contributed by atoms with E-state index in [9.17, 15) is 13.7 Å². The molecule has 0 radical (unpaired) electrons. The number of benzene rings is 2. The van der Waals surface area contributed by atoms with E-state index in [4.69, 9.17) is 12.2 Å². The zero-order valence-electron chi connectivity index (χ0n) is 14.7. The highest BCUT2D eigenvalue weighted by Gasteiger charge is 2.20. The van der Waals surface area contributed by atoms with Crippen LogP contribution in [0.3, 0.4) is 0 Å². The first-order chi connectivity index (χ1) is 12.2. The van der Waals surface area contributed by atoms with Gasteiger partial charge in [-0.2, -0.15) is 5.26 Å². The Morgan fingerprint density at radius 3 is 2.27 bits per heavy atom. The molecule has 0 atom stereocenters. The fourth-order valence-electron chi connectivity index (χ4n) is 2.26. The van der Waals surface area contributed by atoms with Crippen LogP contribution in [0.5, 0.6) is 0 Å². The fraction of sp³-hybridized carbons (Fsp3) is 0.158. The van der Waals surface area contributed by atoms with Crippen LogP contribution in [-0.2, 0) is 9.84 Å². The van der Waals surface area contributed by atoms with Gasteiger partial charge in [-0.3, -0.25) is 0 Å². The first-order valence-corrected chi connectivity index (χ1v) is 9.70. The largest absolute Gasteiger partial charge is 0.337 e. The number of sulfone groups is 1. The minimum Gasteiger partial charge on any atom is -0.337 e. The molecule has 0 aliphatic carbocycles. The van der Waals surface area contributed by atoms with Gasteiger partial charge in [-0.25, -0.2) is 8.42 Å². The van der Waals surface area contributed by atoms with Gasteiger partial charge in [-0.15, -0.1) is 0 Å². The smallest absolute Gasteiger partial charge is 0.218 e. The minimum absolute atomic E-state index is 0.0611. The molecule has 2 aromatic carbocycles. The van der Waals surface area contributed by atoms with Crippen molar-refractivity contribution < 1.29 is 8.42 Å². The highest BCUT2D eigenvalue weighted by Crippen LogP contribution is 2.19. The number of nitriles is 1. The molecule has 0 amide bonds. The van der Waals surface area contributed by atoms with E-state index >= 15 is 0 Å². The summed E-state index contributed by atoms with van der Waals surface area (Å²) in [5, 5.41) is 15.1. The van der Waals surface area contributed by atoms with Gasteiger partial charge in [0, 0.05) is 11.9 Å². The Morgan fingerprint density at radius 2 is 1.69 bits per heavy atom. The normalized spacial score (nSPS) is 11.5. The summed E-state index contributed by atoms with van der Waals surface area (Å²) < 4.78 is 25.1. The summed E-state index contributed by atoms with van der Waals surface area (Å²) in [7, 11) is -3.90. The van der Waals surface area contributed by atoms with E-state index < -0.39 is 14.7 Å². The van der Waals surface area contributed by atoms with Crippen molar-refractivity contribution in [1.82, 2.24) is 5.32 Å². The molecule has 0 aliphatic heterocycles. The summed E-state index contributed by atoms with van der Waals surface area (Å²) in [6, 6.07) is 13.9. The number of nitrogens with zero attached hydrogens (tertiary/aromatic N) is 1. The maximum Gasteiger partial charge on any atom is 0.218 e. The summed E-state index contributed by atoms with van der Waals surface area (Å²) in [5.41, 5.74) is 3.87. The average Bonchev–Trinajstić information content (AvgIpc) is 2.58. The monoisotopic (exact) mass is 385 g/mol. The first kappa shape index (κ1) is 19.6. The van der Waals surface area contributed by atoms with E-state index in [1.807, 2.05) is 39.0 Å². The zero-order valence-corrected chi connectivity index (χ0v) is 16.3. The van der Waals surface area contributed by atoms with Gasteiger partial charge in [-0.1, -0.05) is 35.4 Å². The van der Waals surface area contributed by atoms with Gasteiger partial charge in [0.25, 0.3) is 0 Å². The lowest BCUT2D eigenvalue weighted by Gasteiger charge is -2.11. The highest BCUT2D eigenvalue weighted by molar-refractivity contribution is 7.95. The van der Waals surface area contributed by atoms with Gasteiger partial charge in [-0.05, 0) is 56.8 Å². The van der Waals surface area contributed by atoms with Gasteiger partial charge in [0.2, 0.25) is 9.84 Å². The molecule has 134 valence electrons. The topological polar surface area (TPSA) is 82.0 Å². The molecular weight excluding hydrogens is 366 g/mol. The van der Waals surface area contributed by atoms with Crippen LogP contribution in [-0.4, -0.2) is 13.5 Å². The summed E-state index contributed by atoms with van der Waals surface area (Å²) in [4.78, 5) is -0.350. The van der Waals surface area contributed by atoms with Crippen molar-refractivity contribution in [3.63, 3.8) is 0 Å². The molecule has 0 bridgehead atoms. The third-order valence-corrected chi connectivity index (χ3v) is 5.60. The Kier molecular flexibility index (Phi) is 6.14. The van der Waals surface area contributed by atoms with Crippen molar-refractivity contribution >= 4 is 32.9 Å². The Balaban J connectivity index is 2.17. The molecule has 0 spiro atoms. The molecule has 0 saturated carbocycles. The lowest BCUT2D eigenvalue weighted by molar-refractivity contribution is 0.603. The van der Waals surface area contributed by atoms with Crippen LogP contribution in [0.1, 0.15) is 16.7 Å². The molecular formula is C19H19N3O2S2. The van der Waals surface area contributed by atoms with E-state index in [-0.39, 0.29) is 10.0 Å². The van der Waals surface area contributed by atoms with Gasteiger partial charge in [0.1, 0.15) is 6.07 Å². The number of allylic oxidation sites excluding steroid dienone is 1. The number of nitrogens with one attached hydrogen (secondary N) is 2. The molecule has 0 unspecified atom stereocenters. The molecule has 0 aromatic heterocycles. The van der Waals surface area contributed by atoms with Crippen molar-refractivity contribution in [1.29, 1.82) is 5.26 Å². The quantitative estimate of drug-likeness (QED) is 0.616. The number of hydrogen-bond acceptors (Lipinski definition) is 4. The number of thiocarbonyl (C=S) groups is 1. The van der Waals surface area contributed by atoms with Gasteiger partial charge in [0.15, 0.2) is 10.0 Å². The molecule has 0 heterocycles. The third-order valence-electron chi connectivity index (χ3n) is 3.70. The van der Waals surface area contributed by atoms with Crippen LogP contribution in [0.15, 0.2) is 58.5 Å². The maximum absolute atomic E-state index is 12.5. The maximum atomic E-state index is 12.5. The summed E-state index contributed by atoms with van der Waals surface area (Å²) >= 11 is 5.18. The van der Waals surface area contributed by atoms with Crippen molar-refractivity contribution in [3.8, 4) is 6.07 Å². The Morgan fingerprint density at radius 1 is 1.08 bits per heavy atom. The number of aryl methyl sites for hydroxylation is 3. The van der Waals surface area contributed by atoms with Gasteiger partial charge >= 0.3 is 0 Å². The van der Waals surface area contributed by atoms with Gasteiger partial charge < -0.3 is 10.6 Å². The summed E-state index contributed by atoms with van der Waals surface area (Å²) in [6.07, 6.45) is 1.11. The molecule has 2 N–H and O–H groups in total. The standard InChI is InChI=1S/C19H19N3O2S2/c1-13-4-7-16(8-5-13)26(23,24)17(11-20)12-21-19(25)22-18-9-6-14(2)10-15(18)3/h4-10,12H,1-3H3,(H2,21,22,25). The van der Waals surface area contributed by atoms with Gasteiger partial charge in [0.05, 0.1) is 4.90 Å². The molecule has 2 aromatic rings. The lowest BCUT2D eigenvalue weighted by Crippen LogP contribution is -2.25. The van der Waals surface area contributed by atoms with Crippen molar-refractivity contribution in [2.75, 3.05) is 5.32 Å². The van der Waals surface area contributed by atoms with E-state index in [0.717, 1.165) is 28.6 Å². The Labute approximate surface area is 159 Å². The fourth-order valence-corrected chi connectivity index (χ4v) is 3.51. The van der Waals surface area contributed by atoms with E-state index in [0.29, 0.717) is 0 Å². The molecule has 5 nitrogen and oxygen atoms in total. The number of hydrogen-bond donors (Lipinski definition) is 2. The third kappa shape index (κ3) is 4.69. The second-order valence-electron chi connectivity index (χ2n) is 5.85. The second kappa shape index (κ2) is 8.13. The van der Waals surface area contributed by atoms with E-state index in [1.54, 1.807) is 18.2 Å².